The number of rotatable bonds is 1. The molecule has 2 unspecified atom stereocenters. The van der Waals surface area contributed by atoms with E-state index in [0.29, 0.717) is 18.1 Å². The SMILES string of the molecule is COC1C=CC=C2C(=O)CCC21. The molecule has 2 heteroatoms. The molecular weight excluding hydrogens is 152 g/mol. The highest BCUT2D eigenvalue weighted by molar-refractivity contribution is 5.98. The Labute approximate surface area is 71.9 Å². The monoisotopic (exact) mass is 164 g/mol. The summed E-state index contributed by atoms with van der Waals surface area (Å²) in [5.41, 5.74) is 0.962. The molecule has 0 radical (unpaired) electrons. The Morgan fingerprint density at radius 2 is 2.42 bits per heavy atom. The Morgan fingerprint density at radius 3 is 3.17 bits per heavy atom. The van der Waals surface area contributed by atoms with E-state index in [1.807, 2.05) is 18.2 Å². The number of Topliss-reactive ketones (excluding diaryl/α,β-unsaturated/α-hetero) is 1. The maximum Gasteiger partial charge on any atom is 0.159 e. The quantitative estimate of drug-likeness (QED) is 0.586. The first kappa shape index (κ1) is 7.74. The third-order valence-electron chi connectivity index (χ3n) is 2.65. The molecule has 0 aromatic rings. The van der Waals surface area contributed by atoms with Gasteiger partial charge in [-0.25, -0.2) is 0 Å². The lowest BCUT2D eigenvalue weighted by molar-refractivity contribution is -0.114. The largest absolute Gasteiger partial charge is 0.377 e. The Balaban J connectivity index is 2.27. The number of ether oxygens (including phenoxy) is 1. The highest BCUT2D eigenvalue weighted by Gasteiger charge is 2.34. The zero-order valence-corrected chi connectivity index (χ0v) is 7.12. The number of carbonyl (C=O) groups excluding carboxylic acids is 1. The fourth-order valence-corrected chi connectivity index (χ4v) is 2.00. The molecule has 0 aromatic carbocycles. The highest BCUT2D eigenvalue weighted by Crippen LogP contribution is 2.34. The summed E-state index contributed by atoms with van der Waals surface area (Å²) in [4.78, 5) is 11.3. The van der Waals surface area contributed by atoms with Crippen LogP contribution in [0.1, 0.15) is 12.8 Å². The molecule has 0 saturated heterocycles. The van der Waals surface area contributed by atoms with Crippen LogP contribution in [0.3, 0.4) is 0 Å². The van der Waals surface area contributed by atoms with Crippen LogP contribution in [-0.2, 0) is 9.53 Å². The molecule has 0 amide bonds. The number of allylic oxidation sites excluding steroid dienone is 2. The first-order chi connectivity index (χ1) is 5.83. The van der Waals surface area contributed by atoms with Crippen molar-refractivity contribution in [3.05, 3.63) is 23.8 Å². The minimum absolute atomic E-state index is 0.122. The Kier molecular flexibility index (Phi) is 1.85. The van der Waals surface area contributed by atoms with Crippen molar-refractivity contribution in [2.45, 2.75) is 18.9 Å². The summed E-state index contributed by atoms with van der Waals surface area (Å²) in [5, 5.41) is 0. The smallest absolute Gasteiger partial charge is 0.159 e. The van der Waals surface area contributed by atoms with E-state index in [1.165, 1.54) is 0 Å². The molecule has 2 atom stereocenters. The van der Waals surface area contributed by atoms with Crippen molar-refractivity contribution in [3.63, 3.8) is 0 Å². The topological polar surface area (TPSA) is 26.3 Å². The Hall–Kier alpha value is -0.890. The standard InChI is InChI=1S/C10H12O2/c1-12-10-4-2-3-7-8(10)5-6-9(7)11/h2-4,8,10H,5-6H2,1H3. The van der Waals surface area contributed by atoms with Gasteiger partial charge in [-0.3, -0.25) is 4.79 Å². The van der Waals surface area contributed by atoms with E-state index >= 15 is 0 Å². The maximum absolute atomic E-state index is 11.3. The molecule has 0 aliphatic heterocycles. The summed E-state index contributed by atoms with van der Waals surface area (Å²) >= 11 is 0. The van der Waals surface area contributed by atoms with Crippen LogP contribution in [-0.4, -0.2) is 19.0 Å². The van der Waals surface area contributed by atoms with E-state index in [2.05, 4.69) is 0 Å². The van der Waals surface area contributed by atoms with Crippen LogP contribution < -0.4 is 0 Å². The zero-order valence-electron chi connectivity index (χ0n) is 7.12. The lowest BCUT2D eigenvalue weighted by Crippen LogP contribution is -2.22. The number of fused-ring (bicyclic) bond motifs is 1. The second kappa shape index (κ2) is 2.87. The summed E-state index contributed by atoms with van der Waals surface area (Å²) in [6.45, 7) is 0. The second-order valence-electron chi connectivity index (χ2n) is 3.28. The number of methoxy groups -OCH3 is 1. The van der Waals surface area contributed by atoms with Crippen molar-refractivity contribution in [1.82, 2.24) is 0 Å². The Bertz CT molecular complexity index is 263. The van der Waals surface area contributed by atoms with Gasteiger partial charge >= 0.3 is 0 Å². The molecule has 0 aromatic heterocycles. The molecule has 2 aliphatic carbocycles. The van der Waals surface area contributed by atoms with Gasteiger partial charge in [-0.05, 0) is 6.42 Å². The molecule has 0 spiro atoms. The number of hydrogen-bond donors (Lipinski definition) is 0. The molecule has 0 bridgehead atoms. The van der Waals surface area contributed by atoms with E-state index in [9.17, 15) is 4.79 Å². The van der Waals surface area contributed by atoms with E-state index in [1.54, 1.807) is 7.11 Å². The first-order valence-electron chi connectivity index (χ1n) is 4.27. The van der Waals surface area contributed by atoms with Crippen molar-refractivity contribution < 1.29 is 9.53 Å². The van der Waals surface area contributed by atoms with Gasteiger partial charge < -0.3 is 4.74 Å². The summed E-state index contributed by atoms with van der Waals surface area (Å²) in [6, 6.07) is 0. The molecule has 12 heavy (non-hydrogen) atoms. The van der Waals surface area contributed by atoms with Gasteiger partial charge in [0.15, 0.2) is 5.78 Å². The number of hydrogen-bond acceptors (Lipinski definition) is 2. The molecule has 2 rings (SSSR count). The van der Waals surface area contributed by atoms with E-state index in [4.69, 9.17) is 4.74 Å². The van der Waals surface area contributed by atoms with Gasteiger partial charge in [0.1, 0.15) is 0 Å². The third-order valence-corrected chi connectivity index (χ3v) is 2.65. The first-order valence-corrected chi connectivity index (χ1v) is 4.27. The van der Waals surface area contributed by atoms with Gasteiger partial charge in [0.2, 0.25) is 0 Å². The summed E-state index contributed by atoms with van der Waals surface area (Å²) in [5.74, 6) is 0.624. The van der Waals surface area contributed by atoms with Gasteiger partial charge in [0, 0.05) is 25.0 Å². The summed E-state index contributed by atoms with van der Waals surface area (Å²) < 4.78 is 5.27. The van der Waals surface area contributed by atoms with Crippen LogP contribution in [0.4, 0.5) is 0 Å². The molecule has 1 fully saturated rings. The van der Waals surface area contributed by atoms with Gasteiger partial charge in [-0.15, -0.1) is 0 Å². The van der Waals surface area contributed by atoms with Crippen molar-refractivity contribution >= 4 is 5.78 Å². The van der Waals surface area contributed by atoms with Crippen LogP contribution in [0.2, 0.25) is 0 Å². The molecule has 2 nitrogen and oxygen atoms in total. The maximum atomic E-state index is 11.3. The fourth-order valence-electron chi connectivity index (χ4n) is 2.00. The molecule has 64 valence electrons. The molecule has 0 heterocycles. The van der Waals surface area contributed by atoms with Crippen LogP contribution in [0, 0.1) is 5.92 Å². The van der Waals surface area contributed by atoms with E-state index in [-0.39, 0.29) is 6.10 Å². The summed E-state index contributed by atoms with van der Waals surface area (Å²) in [6.07, 6.45) is 7.63. The predicted molar refractivity (Wildman–Crippen MR) is 45.8 cm³/mol. The fraction of sp³-hybridized carbons (Fsp3) is 0.500. The van der Waals surface area contributed by atoms with E-state index < -0.39 is 0 Å². The summed E-state index contributed by atoms with van der Waals surface area (Å²) in [7, 11) is 1.70. The van der Waals surface area contributed by atoms with Gasteiger partial charge in [0.25, 0.3) is 0 Å². The average Bonchev–Trinajstić information content (AvgIpc) is 2.48. The predicted octanol–water partition coefficient (Wildman–Crippen LogP) is 1.48. The van der Waals surface area contributed by atoms with Gasteiger partial charge in [-0.2, -0.15) is 0 Å². The van der Waals surface area contributed by atoms with Crippen molar-refractivity contribution in [3.8, 4) is 0 Å². The zero-order chi connectivity index (χ0) is 8.55. The van der Waals surface area contributed by atoms with Gasteiger partial charge in [-0.1, -0.05) is 18.2 Å². The van der Waals surface area contributed by atoms with Crippen molar-refractivity contribution in [2.24, 2.45) is 5.92 Å². The van der Waals surface area contributed by atoms with Crippen molar-refractivity contribution in [1.29, 1.82) is 0 Å². The molecule has 2 aliphatic rings. The van der Waals surface area contributed by atoms with Crippen molar-refractivity contribution in [2.75, 3.05) is 7.11 Å². The van der Waals surface area contributed by atoms with Crippen LogP contribution in [0.25, 0.3) is 0 Å². The second-order valence-corrected chi connectivity index (χ2v) is 3.28. The normalized spacial score (nSPS) is 33.4. The molecule has 1 saturated carbocycles. The minimum Gasteiger partial charge on any atom is -0.377 e. The van der Waals surface area contributed by atoms with Crippen LogP contribution >= 0.6 is 0 Å². The van der Waals surface area contributed by atoms with Gasteiger partial charge in [0.05, 0.1) is 6.10 Å². The molecular formula is C10H12O2. The minimum atomic E-state index is 0.122. The average molecular weight is 164 g/mol. The lowest BCUT2D eigenvalue weighted by atomic mass is 9.91. The van der Waals surface area contributed by atoms with E-state index in [0.717, 1.165) is 12.0 Å². The van der Waals surface area contributed by atoms with Crippen LogP contribution in [0.15, 0.2) is 23.8 Å². The lowest BCUT2D eigenvalue weighted by Gasteiger charge is -2.21. The molecule has 0 N–H and O–H groups in total. The highest BCUT2D eigenvalue weighted by atomic mass is 16.5. The Morgan fingerprint density at radius 1 is 1.58 bits per heavy atom. The number of carbonyl (C=O) groups is 1. The third kappa shape index (κ3) is 1.03. The van der Waals surface area contributed by atoms with Crippen LogP contribution in [0.5, 0.6) is 0 Å². The number of ketones is 1.